The molecular formula is C21H18ClF3N4O. The first-order valence-corrected chi connectivity index (χ1v) is 9.72. The standard InChI is InChI=1S/C21H18ClF3N4O/c22-17-7-2-1-4-14(17)12-26-19-11-18(28-20(29-19)27-15-8-9-15)13-5-3-6-16(10-13)30-21(23,24)25/h1-7,10-11,15H,8-9,12H2,(H2,26,27,28,29). The number of anilines is 2. The van der Waals surface area contributed by atoms with Crippen LogP contribution in [-0.4, -0.2) is 22.4 Å². The number of aromatic nitrogens is 2. The maximum Gasteiger partial charge on any atom is 0.573 e. The molecule has 4 rings (SSSR count). The first kappa shape index (κ1) is 20.3. The topological polar surface area (TPSA) is 59.1 Å². The van der Waals surface area contributed by atoms with Crippen LogP contribution in [0.5, 0.6) is 5.75 Å². The van der Waals surface area contributed by atoms with Crippen molar-refractivity contribution in [1.82, 2.24) is 9.97 Å². The lowest BCUT2D eigenvalue weighted by Crippen LogP contribution is -2.17. The van der Waals surface area contributed by atoms with Gasteiger partial charge in [-0.05, 0) is 36.6 Å². The van der Waals surface area contributed by atoms with Crippen LogP contribution >= 0.6 is 11.6 Å². The molecule has 1 fully saturated rings. The smallest absolute Gasteiger partial charge is 0.406 e. The van der Waals surface area contributed by atoms with Crippen LogP contribution in [0.25, 0.3) is 11.3 Å². The molecule has 0 saturated heterocycles. The monoisotopic (exact) mass is 434 g/mol. The molecule has 1 aliphatic carbocycles. The number of hydrogen-bond donors (Lipinski definition) is 2. The van der Waals surface area contributed by atoms with E-state index in [1.807, 2.05) is 18.2 Å². The molecule has 156 valence electrons. The number of nitrogens with zero attached hydrogens (tertiary/aromatic N) is 2. The van der Waals surface area contributed by atoms with E-state index >= 15 is 0 Å². The van der Waals surface area contributed by atoms with E-state index in [0.29, 0.717) is 40.6 Å². The number of alkyl halides is 3. The van der Waals surface area contributed by atoms with Crippen LogP contribution in [0.4, 0.5) is 24.9 Å². The lowest BCUT2D eigenvalue weighted by Gasteiger charge is -2.13. The molecule has 0 atom stereocenters. The predicted molar refractivity (Wildman–Crippen MR) is 110 cm³/mol. The molecule has 30 heavy (non-hydrogen) atoms. The van der Waals surface area contributed by atoms with Gasteiger partial charge in [-0.25, -0.2) is 4.98 Å². The number of rotatable bonds is 7. The number of ether oxygens (including phenoxy) is 1. The predicted octanol–water partition coefficient (Wildman–Crippen LogP) is 5.88. The Bertz CT molecular complexity index is 1040. The lowest BCUT2D eigenvalue weighted by molar-refractivity contribution is -0.274. The third kappa shape index (κ3) is 5.54. The van der Waals surface area contributed by atoms with E-state index in [9.17, 15) is 13.2 Å². The zero-order chi connectivity index (χ0) is 21.1. The third-order valence-electron chi connectivity index (χ3n) is 4.42. The fourth-order valence-electron chi connectivity index (χ4n) is 2.84. The van der Waals surface area contributed by atoms with Crippen molar-refractivity contribution in [3.05, 3.63) is 65.2 Å². The molecule has 0 bridgehead atoms. The number of hydrogen-bond acceptors (Lipinski definition) is 5. The molecule has 0 radical (unpaired) electrons. The molecule has 0 aliphatic heterocycles. The van der Waals surface area contributed by atoms with Crippen LogP contribution in [0.3, 0.4) is 0 Å². The van der Waals surface area contributed by atoms with E-state index in [1.165, 1.54) is 18.2 Å². The summed E-state index contributed by atoms with van der Waals surface area (Å²) >= 11 is 6.21. The Hall–Kier alpha value is -3.00. The highest BCUT2D eigenvalue weighted by Crippen LogP contribution is 2.30. The Morgan fingerprint density at radius 2 is 1.83 bits per heavy atom. The van der Waals surface area contributed by atoms with Gasteiger partial charge >= 0.3 is 6.36 Å². The second-order valence-corrected chi connectivity index (χ2v) is 7.31. The summed E-state index contributed by atoms with van der Waals surface area (Å²) in [7, 11) is 0. The van der Waals surface area contributed by atoms with Gasteiger partial charge in [0, 0.05) is 29.2 Å². The maximum atomic E-state index is 12.6. The van der Waals surface area contributed by atoms with Crippen molar-refractivity contribution in [3.8, 4) is 17.0 Å². The van der Waals surface area contributed by atoms with E-state index in [-0.39, 0.29) is 5.75 Å². The molecule has 0 spiro atoms. The zero-order valence-corrected chi connectivity index (χ0v) is 16.5. The second-order valence-electron chi connectivity index (χ2n) is 6.90. The number of halogens is 4. The zero-order valence-electron chi connectivity index (χ0n) is 15.7. The Morgan fingerprint density at radius 1 is 1.03 bits per heavy atom. The first-order valence-electron chi connectivity index (χ1n) is 9.35. The SMILES string of the molecule is FC(F)(F)Oc1cccc(-c2cc(NCc3ccccc3Cl)nc(NC3CC3)n2)c1. The van der Waals surface area contributed by atoms with Gasteiger partial charge in [0.1, 0.15) is 11.6 Å². The van der Waals surface area contributed by atoms with E-state index in [0.717, 1.165) is 18.4 Å². The van der Waals surface area contributed by atoms with E-state index in [1.54, 1.807) is 18.2 Å². The molecule has 1 saturated carbocycles. The molecule has 1 heterocycles. The molecule has 1 aromatic heterocycles. The number of benzene rings is 2. The molecule has 3 aromatic rings. The second kappa shape index (κ2) is 8.39. The van der Waals surface area contributed by atoms with E-state index in [2.05, 4.69) is 25.3 Å². The first-order chi connectivity index (χ1) is 14.4. The molecular weight excluding hydrogens is 417 g/mol. The van der Waals surface area contributed by atoms with Crippen LogP contribution < -0.4 is 15.4 Å². The van der Waals surface area contributed by atoms with E-state index < -0.39 is 6.36 Å². The Balaban J connectivity index is 1.61. The normalized spacial score (nSPS) is 13.7. The summed E-state index contributed by atoms with van der Waals surface area (Å²) in [4.78, 5) is 8.95. The van der Waals surface area contributed by atoms with Gasteiger partial charge in [-0.3, -0.25) is 0 Å². The van der Waals surface area contributed by atoms with Crippen molar-refractivity contribution in [2.45, 2.75) is 31.8 Å². The molecule has 2 aromatic carbocycles. The average Bonchev–Trinajstić information content (AvgIpc) is 3.50. The van der Waals surface area contributed by atoms with Crippen LogP contribution in [-0.2, 0) is 6.54 Å². The summed E-state index contributed by atoms with van der Waals surface area (Å²) in [6, 6.07) is 15.1. The highest BCUT2D eigenvalue weighted by atomic mass is 35.5. The van der Waals surface area contributed by atoms with Gasteiger partial charge in [-0.15, -0.1) is 13.2 Å². The van der Waals surface area contributed by atoms with Crippen molar-refractivity contribution in [1.29, 1.82) is 0 Å². The van der Waals surface area contributed by atoms with Gasteiger partial charge in [0.2, 0.25) is 5.95 Å². The van der Waals surface area contributed by atoms with Crippen molar-refractivity contribution >= 4 is 23.4 Å². The number of nitrogens with one attached hydrogen (secondary N) is 2. The van der Waals surface area contributed by atoms with Gasteiger partial charge in [0.05, 0.1) is 5.69 Å². The fraction of sp³-hybridized carbons (Fsp3) is 0.238. The van der Waals surface area contributed by atoms with Crippen LogP contribution in [0, 0.1) is 0 Å². The minimum atomic E-state index is -4.76. The summed E-state index contributed by atoms with van der Waals surface area (Å²) in [6.45, 7) is 0.441. The third-order valence-corrected chi connectivity index (χ3v) is 4.79. The molecule has 1 aliphatic rings. The van der Waals surface area contributed by atoms with Crippen molar-refractivity contribution < 1.29 is 17.9 Å². The van der Waals surface area contributed by atoms with Crippen LogP contribution in [0.1, 0.15) is 18.4 Å². The van der Waals surface area contributed by atoms with Crippen LogP contribution in [0.2, 0.25) is 5.02 Å². The summed E-state index contributed by atoms with van der Waals surface area (Å²) in [6.07, 6.45) is -2.69. The molecule has 0 amide bonds. The van der Waals surface area contributed by atoms with Gasteiger partial charge in [-0.2, -0.15) is 4.98 Å². The van der Waals surface area contributed by atoms with Crippen molar-refractivity contribution in [2.75, 3.05) is 10.6 Å². The van der Waals surface area contributed by atoms with Crippen molar-refractivity contribution in [2.24, 2.45) is 0 Å². The summed E-state index contributed by atoms with van der Waals surface area (Å²) < 4.78 is 41.7. The quantitative estimate of drug-likeness (QED) is 0.486. The largest absolute Gasteiger partial charge is 0.573 e. The van der Waals surface area contributed by atoms with Crippen LogP contribution in [0.15, 0.2) is 54.6 Å². The minimum absolute atomic E-state index is 0.305. The minimum Gasteiger partial charge on any atom is -0.406 e. The molecule has 9 heteroatoms. The molecule has 2 N–H and O–H groups in total. The maximum absolute atomic E-state index is 12.6. The highest BCUT2D eigenvalue weighted by molar-refractivity contribution is 6.31. The van der Waals surface area contributed by atoms with Gasteiger partial charge < -0.3 is 15.4 Å². The molecule has 0 unspecified atom stereocenters. The Labute approximate surface area is 176 Å². The molecule has 5 nitrogen and oxygen atoms in total. The van der Waals surface area contributed by atoms with Gasteiger partial charge in [0.15, 0.2) is 0 Å². The highest BCUT2D eigenvalue weighted by Gasteiger charge is 2.31. The Morgan fingerprint density at radius 3 is 2.57 bits per heavy atom. The fourth-order valence-corrected chi connectivity index (χ4v) is 3.04. The summed E-state index contributed by atoms with van der Waals surface area (Å²) in [5.74, 6) is 0.643. The van der Waals surface area contributed by atoms with E-state index in [4.69, 9.17) is 11.6 Å². The van der Waals surface area contributed by atoms with Gasteiger partial charge in [-0.1, -0.05) is 41.9 Å². The Kier molecular flexibility index (Phi) is 5.67. The summed E-state index contributed by atoms with van der Waals surface area (Å²) in [5.41, 5.74) is 1.86. The van der Waals surface area contributed by atoms with Crippen molar-refractivity contribution in [3.63, 3.8) is 0 Å². The lowest BCUT2D eigenvalue weighted by atomic mass is 10.1. The summed E-state index contributed by atoms with van der Waals surface area (Å²) in [5, 5.41) is 7.07. The average molecular weight is 435 g/mol. The van der Waals surface area contributed by atoms with Gasteiger partial charge in [0.25, 0.3) is 0 Å².